The Kier molecular flexibility index (Phi) is 5.67. The highest BCUT2D eigenvalue weighted by molar-refractivity contribution is 4.88. The molecule has 0 aromatic rings. The maximum Gasteiger partial charge on any atom is 0.0698 e. The highest BCUT2D eigenvalue weighted by atomic mass is 16.5. The van der Waals surface area contributed by atoms with Crippen LogP contribution in [0.1, 0.15) is 52.4 Å². The monoisotopic (exact) mass is 268 g/mol. The van der Waals surface area contributed by atoms with Crippen LogP contribution in [0.2, 0.25) is 0 Å². The summed E-state index contributed by atoms with van der Waals surface area (Å²) in [5.41, 5.74) is 0.424. The van der Waals surface area contributed by atoms with Crippen LogP contribution in [-0.2, 0) is 4.74 Å². The molecule has 2 rings (SSSR count). The van der Waals surface area contributed by atoms with Gasteiger partial charge < -0.3 is 15.0 Å². The first-order valence-corrected chi connectivity index (χ1v) is 8.14. The molecule has 0 aromatic carbocycles. The third-order valence-electron chi connectivity index (χ3n) is 4.65. The van der Waals surface area contributed by atoms with Crippen LogP contribution in [0, 0.1) is 5.41 Å². The van der Waals surface area contributed by atoms with Gasteiger partial charge in [0.1, 0.15) is 0 Å². The molecule has 2 fully saturated rings. The van der Waals surface area contributed by atoms with Crippen molar-refractivity contribution in [3.8, 4) is 0 Å². The van der Waals surface area contributed by atoms with Gasteiger partial charge in [-0.2, -0.15) is 0 Å². The minimum Gasteiger partial charge on any atom is -0.380 e. The van der Waals surface area contributed by atoms with E-state index in [1.54, 1.807) is 0 Å². The molecule has 1 saturated heterocycles. The molecule has 0 bridgehead atoms. The SMILES string of the molecule is CCCC(C)(CNC1CC1)CN1CCCC(OC)C1. The molecular formula is C16H32N2O. The molecule has 0 spiro atoms. The summed E-state index contributed by atoms with van der Waals surface area (Å²) >= 11 is 0. The Labute approximate surface area is 119 Å². The first kappa shape index (κ1) is 15.3. The van der Waals surface area contributed by atoms with Crippen molar-refractivity contribution in [3.63, 3.8) is 0 Å². The fourth-order valence-corrected chi connectivity index (χ4v) is 3.39. The van der Waals surface area contributed by atoms with E-state index in [0.29, 0.717) is 11.5 Å². The van der Waals surface area contributed by atoms with Crippen molar-refractivity contribution in [3.05, 3.63) is 0 Å². The van der Waals surface area contributed by atoms with Gasteiger partial charge in [0.15, 0.2) is 0 Å². The van der Waals surface area contributed by atoms with E-state index in [1.165, 1.54) is 58.2 Å². The highest BCUT2D eigenvalue weighted by Gasteiger charge is 2.31. The third kappa shape index (κ3) is 5.05. The van der Waals surface area contributed by atoms with Crippen LogP contribution in [0.15, 0.2) is 0 Å². The van der Waals surface area contributed by atoms with Crippen LogP contribution in [0.4, 0.5) is 0 Å². The second kappa shape index (κ2) is 7.05. The molecule has 2 aliphatic rings. The van der Waals surface area contributed by atoms with E-state index in [1.807, 2.05) is 7.11 Å². The minimum atomic E-state index is 0.424. The summed E-state index contributed by atoms with van der Waals surface area (Å²) in [6, 6.07) is 0.823. The lowest BCUT2D eigenvalue weighted by Gasteiger charge is -2.39. The quantitative estimate of drug-likeness (QED) is 0.732. The summed E-state index contributed by atoms with van der Waals surface area (Å²) in [6.45, 7) is 9.55. The van der Waals surface area contributed by atoms with Gasteiger partial charge in [0.25, 0.3) is 0 Å². The third-order valence-corrected chi connectivity index (χ3v) is 4.65. The maximum atomic E-state index is 5.55. The number of methoxy groups -OCH3 is 1. The predicted molar refractivity (Wildman–Crippen MR) is 80.5 cm³/mol. The van der Waals surface area contributed by atoms with Gasteiger partial charge in [-0.25, -0.2) is 0 Å². The van der Waals surface area contributed by atoms with Crippen LogP contribution < -0.4 is 5.32 Å². The standard InChI is InChI=1S/C16H32N2O/c1-4-9-16(2,12-17-14-7-8-14)13-18-10-5-6-15(11-18)19-3/h14-15,17H,4-13H2,1-3H3. The van der Waals surface area contributed by atoms with E-state index in [-0.39, 0.29) is 0 Å². The number of nitrogens with zero attached hydrogens (tertiary/aromatic N) is 1. The average molecular weight is 268 g/mol. The Morgan fingerprint density at radius 2 is 2.11 bits per heavy atom. The number of rotatable bonds is 8. The summed E-state index contributed by atoms with van der Waals surface area (Å²) in [4.78, 5) is 2.63. The molecule has 3 heteroatoms. The number of ether oxygens (including phenoxy) is 1. The number of hydrogen-bond donors (Lipinski definition) is 1. The van der Waals surface area contributed by atoms with Gasteiger partial charge in [-0.1, -0.05) is 20.3 Å². The molecule has 2 atom stereocenters. The maximum absolute atomic E-state index is 5.55. The molecule has 2 unspecified atom stereocenters. The second-order valence-corrected chi connectivity index (χ2v) is 6.95. The summed E-state index contributed by atoms with van der Waals surface area (Å²) < 4.78 is 5.55. The molecular weight excluding hydrogens is 236 g/mol. The van der Waals surface area contributed by atoms with Gasteiger partial charge in [0.2, 0.25) is 0 Å². The van der Waals surface area contributed by atoms with E-state index >= 15 is 0 Å². The van der Waals surface area contributed by atoms with Crippen molar-refractivity contribution in [1.29, 1.82) is 0 Å². The predicted octanol–water partition coefficient (Wildman–Crippen LogP) is 2.66. The van der Waals surface area contributed by atoms with Crippen molar-refractivity contribution < 1.29 is 4.74 Å². The molecule has 0 aromatic heterocycles. The minimum absolute atomic E-state index is 0.424. The molecule has 19 heavy (non-hydrogen) atoms. The normalized spacial score (nSPS) is 28.3. The van der Waals surface area contributed by atoms with Gasteiger partial charge in [-0.15, -0.1) is 0 Å². The lowest BCUT2D eigenvalue weighted by Crippen LogP contribution is -2.47. The van der Waals surface area contributed by atoms with Crippen LogP contribution >= 0.6 is 0 Å². The molecule has 1 saturated carbocycles. The molecule has 3 nitrogen and oxygen atoms in total. The second-order valence-electron chi connectivity index (χ2n) is 6.95. The highest BCUT2D eigenvalue weighted by Crippen LogP contribution is 2.28. The summed E-state index contributed by atoms with van der Waals surface area (Å²) in [6.07, 6.45) is 8.35. The zero-order valence-corrected chi connectivity index (χ0v) is 13.1. The van der Waals surface area contributed by atoms with Gasteiger partial charge in [0.05, 0.1) is 6.10 Å². The van der Waals surface area contributed by atoms with Crippen molar-refractivity contribution in [2.24, 2.45) is 5.41 Å². The van der Waals surface area contributed by atoms with Gasteiger partial charge in [-0.05, 0) is 44.1 Å². The Morgan fingerprint density at radius 3 is 2.74 bits per heavy atom. The van der Waals surface area contributed by atoms with Crippen LogP contribution in [0.3, 0.4) is 0 Å². The fourth-order valence-electron chi connectivity index (χ4n) is 3.39. The molecule has 0 amide bonds. The molecule has 0 radical (unpaired) electrons. The number of hydrogen-bond acceptors (Lipinski definition) is 3. The summed E-state index contributed by atoms with van der Waals surface area (Å²) in [5, 5.41) is 3.74. The summed E-state index contributed by atoms with van der Waals surface area (Å²) in [7, 11) is 1.86. The average Bonchev–Trinajstić information content (AvgIpc) is 3.21. The number of nitrogens with one attached hydrogen (secondary N) is 1. The molecule has 112 valence electrons. The Bertz CT molecular complexity index is 267. The van der Waals surface area contributed by atoms with Crippen molar-refractivity contribution in [2.45, 2.75) is 64.5 Å². The van der Waals surface area contributed by atoms with E-state index in [4.69, 9.17) is 4.74 Å². The van der Waals surface area contributed by atoms with Crippen molar-refractivity contribution >= 4 is 0 Å². The smallest absolute Gasteiger partial charge is 0.0698 e. The van der Waals surface area contributed by atoms with E-state index in [0.717, 1.165) is 12.6 Å². The van der Waals surface area contributed by atoms with Crippen LogP contribution in [0.5, 0.6) is 0 Å². The van der Waals surface area contributed by atoms with Crippen molar-refractivity contribution in [2.75, 3.05) is 33.3 Å². The van der Waals surface area contributed by atoms with Crippen LogP contribution in [0.25, 0.3) is 0 Å². The zero-order valence-electron chi connectivity index (χ0n) is 13.1. The van der Waals surface area contributed by atoms with Gasteiger partial charge in [-0.3, -0.25) is 0 Å². The molecule has 1 aliphatic carbocycles. The Morgan fingerprint density at radius 1 is 1.32 bits per heavy atom. The first-order valence-electron chi connectivity index (χ1n) is 8.14. The van der Waals surface area contributed by atoms with E-state index in [2.05, 4.69) is 24.1 Å². The molecule has 1 N–H and O–H groups in total. The van der Waals surface area contributed by atoms with Crippen molar-refractivity contribution in [1.82, 2.24) is 10.2 Å². The van der Waals surface area contributed by atoms with Gasteiger partial charge >= 0.3 is 0 Å². The van der Waals surface area contributed by atoms with E-state index < -0.39 is 0 Å². The fraction of sp³-hybridized carbons (Fsp3) is 1.00. The molecule has 1 heterocycles. The largest absolute Gasteiger partial charge is 0.380 e. The Hall–Kier alpha value is -0.120. The number of piperidine rings is 1. The van der Waals surface area contributed by atoms with Gasteiger partial charge in [0, 0.05) is 32.8 Å². The lowest BCUT2D eigenvalue weighted by molar-refractivity contribution is 0.0148. The Balaban J connectivity index is 1.82. The zero-order chi connectivity index (χ0) is 13.7. The van der Waals surface area contributed by atoms with E-state index in [9.17, 15) is 0 Å². The number of likely N-dealkylation sites (tertiary alicyclic amines) is 1. The topological polar surface area (TPSA) is 24.5 Å². The summed E-state index contributed by atoms with van der Waals surface area (Å²) in [5.74, 6) is 0. The molecule has 1 aliphatic heterocycles. The van der Waals surface area contributed by atoms with Crippen LogP contribution in [-0.4, -0.2) is 50.3 Å². The lowest BCUT2D eigenvalue weighted by atomic mass is 9.84. The first-order chi connectivity index (χ1) is 9.15.